The van der Waals surface area contributed by atoms with Crippen molar-refractivity contribution >= 4 is 17.5 Å². The highest BCUT2D eigenvalue weighted by atomic mass is 16.5. The molecule has 1 unspecified atom stereocenters. The lowest BCUT2D eigenvalue weighted by molar-refractivity contribution is -0.885. The molecule has 0 saturated heterocycles. The number of hydrogen-bond acceptors (Lipinski definition) is 3. The van der Waals surface area contributed by atoms with Crippen molar-refractivity contribution < 1.29 is 19.2 Å². The number of quaternary nitrogens is 1. The van der Waals surface area contributed by atoms with E-state index in [1.165, 1.54) is 0 Å². The predicted octanol–water partition coefficient (Wildman–Crippen LogP) is 0.708. The van der Waals surface area contributed by atoms with E-state index in [1.54, 1.807) is 38.4 Å². The number of rotatable bonds is 7. The molecule has 0 aromatic heterocycles. The molecule has 0 radical (unpaired) electrons. The molecule has 2 rings (SSSR count). The van der Waals surface area contributed by atoms with Gasteiger partial charge in [-0.05, 0) is 36.4 Å². The Hall–Kier alpha value is -2.86. The fourth-order valence-corrected chi connectivity index (χ4v) is 2.52. The monoisotopic (exact) mass is 342 g/mol. The van der Waals surface area contributed by atoms with Gasteiger partial charge < -0.3 is 20.3 Å². The molecule has 2 aromatic rings. The average molecular weight is 342 g/mol. The molecule has 0 fully saturated rings. The normalized spacial score (nSPS) is 11.5. The molecule has 0 saturated carbocycles. The van der Waals surface area contributed by atoms with Gasteiger partial charge in [0.05, 0.1) is 14.2 Å². The Morgan fingerprint density at radius 3 is 2.48 bits per heavy atom. The molecular formula is C19H24N3O3+. The quantitative estimate of drug-likeness (QED) is 0.694. The van der Waals surface area contributed by atoms with E-state index in [1.807, 2.05) is 31.3 Å². The Balaban J connectivity index is 1.87. The van der Waals surface area contributed by atoms with Crippen LogP contribution in [0.4, 0.5) is 5.69 Å². The summed E-state index contributed by atoms with van der Waals surface area (Å²) in [5, 5.41) is 5.41. The third-order valence-electron chi connectivity index (χ3n) is 3.76. The van der Waals surface area contributed by atoms with Crippen LogP contribution in [0, 0.1) is 0 Å². The molecule has 25 heavy (non-hydrogen) atoms. The van der Waals surface area contributed by atoms with E-state index in [0.717, 1.165) is 22.8 Å². The smallest absolute Gasteiger partial charge is 0.279 e. The molecule has 132 valence electrons. The zero-order valence-electron chi connectivity index (χ0n) is 14.8. The van der Waals surface area contributed by atoms with E-state index in [2.05, 4.69) is 10.6 Å². The summed E-state index contributed by atoms with van der Waals surface area (Å²) < 4.78 is 5.21. The van der Waals surface area contributed by atoms with E-state index in [0.29, 0.717) is 17.8 Å². The van der Waals surface area contributed by atoms with E-state index < -0.39 is 0 Å². The molecule has 3 N–H and O–H groups in total. The topological polar surface area (TPSA) is 71.9 Å². The number of likely N-dealkylation sites (N-methyl/N-ethyl adjacent to an activating group) is 1. The van der Waals surface area contributed by atoms with Crippen molar-refractivity contribution in [3.63, 3.8) is 0 Å². The van der Waals surface area contributed by atoms with Crippen molar-refractivity contribution in [2.75, 3.05) is 33.1 Å². The number of carbonyl (C=O) groups is 2. The molecule has 0 aliphatic rings. The van der Waals surface area contributed by atoms with Crippen molar-refractivity contribution in [1.82, 2.24) is 5.32 Å². The Morgan fingerprint density at radius 1 is 1.12 bits per heavy atom. The number of carbonyl (C=O) groups excluding carboxylic acids is 2. The maximum Gasteiger partial charge on any atom is 0.279 e. The molecule has 2 amide bonds. The van der Waals surface area contributed by atoms with Gasteiger partial charge in [-0.15, -0.1) is 0 Å². The van der Waals surface area contributed by atoms with Crippen LogP contribution in [0.25, 0.3) is 0 Å². The van der Waals surface area contributed by atoms with Gasteiger partial charge >= 0.3 is 0 Å². The number of anilines is 1. The summed E-state index contributed by atoms with van der Waals surface area (Å²) in [4.78, 5) is 24.7. The second-order valence-electron chi connectivity index (χ2n) is 5.87. The molecule has 0 spiro atoms. The highest BCUT2D eigenvalue weighted by Gasteiger charge is 2.12. The SMILES string of the molecule is CNC(=O)c1ccc(NC(=O)C[NH+](C)Cc2cccc(OC)c2)cc1. The summed E-state index contributed by atoms with van der Waals surface area (Å²) in [6, 6.07) is 14.6. The highest BCUT2D eigenvalue weighted by Crippen LogP contribution is 2.11. The van der Waals surface area contributed by atoms with Gasteiger partial charge in [-0.25, -0.2) is 0 Å². The molecule has 1 atom stereocenters. The van der Waals surface area contributed by atoms with Gasteiger partial charge in [0, 0.05) is 23.9 Å². The lowest BCUT2D eigenvalue weighted by atomic mass is 10.2. The average Bonchev–Trinajstić information content (AvgIpc) is 2.61. The second kappa shape index (κ2) is 8.84. The summed E-state index contributed by atoms with van der Waals surface area (Å²) in [6.07, 6.45) is 0. The zero-order chi connectivity index (χ0) is 18.2. The summed E-state index contributed by atoms with van der Waals surface area (Å²) in [7, 11) is 5.19. The minimum atomic E-state index is -0.152. The van der Waals surface area contributed by atoms with Gasteiger partial charge in [0.25, 0.3) is 11.8 Å². The van der Waals surface area contributed by atoms with Crippen LogP contribution in [0.3, 0.4) is 0 Å². The lowest BCUT2D eigenvalue weighted by Crippen LogP contribution is -3.08. The third-order valence-corrected chi connectivity index (χ3v) is 3.76. The molecular weight excluding hydrogens is 318 g/mol. The van der Waals surface area contributed by atoms with Gasteiger partial charge in [-0.3, -0.25) is 9.59 Å². The predicted molar refractivity (Wildman–Crippen MR) is 96.9 cm³/mol. The fourth-order valence-electron chi connectivity index (χ4n) is 2.52. The van der Waals surface area contributed by atoms with Crippen LogP contribution in [0.15, 0.2) is 48.5 Å². The van der Waals surface area contributed by atoms with E-state index >= 15 is 0 Å². The molecule has 0 aliphatic heterocycles. The van der Waals surface area contributed by atoms with Crippen LogP contribution in [0.5, 0.6) is 5.75 Å². The number of amides is 2. The fraction of sp³-hybridized carbons (Fsp3) is 0.263. The van der Waals surface area contributed by atoms with E-state index in [9.17, 15) is 9.59 Å². The summed E-state index contributed by atoms with van der Waals surface area (Å²) in [5.41, 5.74) is 2.34. The van der Waals surface area contributed by atoms with Crippen LogP contribution in [-0.4, -0.2) is 39.6 Å². The van der Waals surface area contributed by atoms with E-state index in [-0.39, 0.29) is 11.8 Å². The largest absolute Gasteiger partial charge is 0.497 e. The van der Waals surface area contributed by atoms with Crippen LogP contribution in [0.1, 0.15) is 15.9 Å². The van der Waals surface area contributed by atoms with Crippen LogP contribution in [0.2, 0.25) is 0 Å². The second-order valence-corrected chi connectivity index (χ2v) is 5.87. The van der Waals surface area contributed by atoms with Gasteiger partial charge in [-0.1, -0.05) is 12.1 Å². The van der Waals surface area contributed by atoms with Crippen molar-refractivity contribution in [3.05, 3.63) is 59.7 Å². The number of benzene rings is 2. The van der Waals surface area contributed by atoms with Crippen LogP contribution >= 0.6 is 0 Å². The molecule has 0 bridgehead atoms. The maximum absolute atomic E-state index is 12.2. The van der Waals surface area contributed by atoms with Crippen LogP contribution in [-0.2, 0) is 11.3 Å². The molecule has 6 nitrogen and oxygen atoms in total. The Kier molecular flexibility index (Phi) is 6.54. The van der Waals surface area contributed by atoms with Crippen LogP contribution < -0.4 is 20.3 Å². The molecule has 6 heteroatoms. The highest BCUT2D eigenvalue weighted by molar-refractivity contribution is 5.95. The first-order valence-electron chi connectivity index (χ1n) is 8.08. The van der Waals surface area contributed by atoms with Gasteiger partial charge in [0.1, 0.15) is 12.3 Å². The number of hydrogen-bond donors (Lipinski definition) is 3. The van der Waals surface area contributed by atoms with Crippen molar-refractivity contribution in [2.24, 2.45) is 0 Å². The Morgan fingerprint density at radius 2 is 1.84 bits per heavy atom. The number of nitrogens with one attached hydrogen (secondary N) is 3. The van der Waals surface area contributed by atoms with Gasteiger partial charge in [-0.2, -0.15) is 0 Å². The van der Waals surface area contributed by atoms with Gasteiger partial charge in [0.2, 0.25) is 0 Å². The number of methoxy groups -OCH3 is 1. The summed E-state index contributed by atoms with van der Waals surface area (Å²) >= 11 is 0. The number of ether oxygens (including phenoxy) is 1. The maximum atomic E-state index is 12.2. The first-order valence-corrected chi connectivity index (χ1v) is 8.08. The Bertz CT molecular complexity index is 729. The van der Waals surface area contributed by atoms with Crippen molar-refractivity contribution in [3.8, 4) is 5.75 Å². The Labute approximate surface area is 147 Å². The van der Waals surface area contributed by atoms with Crippen molar-refractivity contribution in [2.45, 2.75) is 6.54 Å². The van der Waals surface area contributed by atoms with E-state index in [4.69, 9.17) is 4.74 Å². The summed E-state index contributed by atoms with van der Waals surface area (Å²) in [5.74, 6) is 0.583. The standard InChI is InChI=1S/C19H23N3O3/c1-20-19(24)15-7-9-16(10-8-15)21-18(23)13-22(2)12-14-5-4-6-17(11-14)25-3/h4-11H,12-13H2,1-3H3,(H,20,24)(H,21,23)/p+1. The molecule has 2 aromatic carbocycles. The summed E-state index contributed by atoms with van der Waals surface area (Å²) in [6.45, 7) is 1.06. The molecule has 0 aliphatic carbocycles. The minimum Gasteiger partial charge on any atom is -0.497 e. The third kappa shape index (κ3) is 5.61. The first kappa shape index (κ1) is 18.5. The van der Waals surface area contributed by atoms with Crippen molar-refractivity contribution in [1.29, 1.82) is 0 Å². The van der Waals surface area contributed by atoms with Gasteiger partial charge in [0.15, 0.2) is 6.54 Å². The minimum absolute atomic E-state index is 0.0758. The zero-order valence-corrected chi connectivity index (χ0v) is 14.8. The molecule has 0 heterocycles. The lowest BCUT2D eigenvalue weighted by Gasteiger charge is -2.14. The first-order chi connectivity index (χ1) is 12.0.